The summed E-state index contributed by atoms with van der Waals surface area (Å²) >= 11 is 0. The standard InChI is InChI=1S/C14H20O2/c1-3-4-6-11-13(15)14(16-2)12-9-7-5-8-10-12/h5,7-10,14H,3-4,6,11H2,1-2H3. The van der Waals surface area contributed by atoms with E-state index < -0.39 is 6.10 Å². The van der Waals surface area contributed by atoms with E-state index in [0.717, 1.165) is 24.8 Å². The van der Waals surface area contributed by atoms with Crippen molar-refractivity contribution in [1.82, 2.24) is 0 Å². The van der Waals surface area contributed by atoms with E-state index in [4.69, 9.17) is 4.74 Å². The van der Waals surface area contributed by atoms with Crippen molar-refractivity contribution in [3.63, 3.8) is 0 Å². The smallest absolute Gasteiger partial charge is 0.166 e. The van der Waals surface area contributed by atoms with Crippen LogP contribution >= 0.6 is 0 Å². The highest BCUT2D eigenvalue weighted by Crippen LogP contribution is 2.19. The second-order valence-electron chi connectivity index (χ2n) is 3.95. The van der Waals surface area contributed by atoms with E-state index in [-0.39, 0.29) is 5.78 Å². The summed E-state index contributed by atoms with van der Waals surface area (Å²) in [4.78, 5) is 11.9. The molecule has 1 unspecified atom stereocenters. The predicted octanol–water partition coefficient (Wildman–Crippen LogP) is 3.52. The van der Waals surface area contributed by atoms with Crippen LogP contribution < -0.4 is 0 Å². The van der Waals surface area contributed by atoms with Crippen molar-refractivity contribution in [2.24, 2.45) is 0 Å². The van der Waals surface area contributed by atoms with Crippen LogP contribution in [0.2, 0.25) is 0 Å². The van der Waals surface area contributed by atoms with Crippen LogP contribution in [0.3, 0.4) is 0 Å². The minimum absolute atomic E-state index is 0.183. The summed E-state index contributed by atoms with van der Waals surface area (Å²) in [7, 11) is 1.59. The van der Waals surface area contributed by atoms with Gasteiger partial charge in [-0.2, -0.15) is 0 Å². The van der Waals surface area contributed by atoms with E-state index in [0.29, 0.717) is 6.42 Å². The number of Topliss-reactive ketones (excluding diaryl/α,β-unsaturated/α-hetero) is 1. The molecule has 0 heterocycles. The quantitative estimate of drug-likeness (QED) is 0.657. The van der Waals surface area contributed by atoms with Crippen LogP contribution in [0.25, 0.3) is 0 Å². The van der Waals surface area contributed by atoms with E-state index in [2.05, 4.69) is 6.92 Å². The van der Waals surface area contributed by atoms with Crippen LogP contribution in [0.1, 0.15) is 44.3 Å². The maximum absolute atomic E-state index is 11.9. The van der Waals surface area contributed by atoms with Crippen molar-refractivity contribution in [1.29, 1.82) is 0 Å². The van der Waals surface area contributed by atoms with Crippen LogP contribution in [-0.2, 0) is 9.53 Å². The molecule has 0 saturated carbocycles. The zero-order valence-electron chi connectivity index (χ0n) is 10.1. The Labute approximate surface area is 97.6 Å². The lowest BCUT2D eigenvalue weighted by Gasteiger charge is -2.14. The van der Waals surface area contributed by atoms with Crippen LogP contribution in [0.5, 0.6) is 0 Å². The molecule has 0 saturated heterocycles. The lowest BCUT2D eigenvalue weighted by molar-refractivity contribution is -0.129. The summed E-state index contributed by atoms with van der Waals surface area (Å²) in [5.74, 6) is 0.183. The maximum atomic E-state index is 11.9. The summed E-state index contributed by atoms with van der Waals surface area (Å²) < 4.78 is 5.28. The Balaban J connectivity index is 2.57. The van der Waals surface area contributed by atoms with Crippen molar-refractivity contribution in [3.8, 4) is 0 Å². The first-order valence-electron chi connectivity index (χ1n) is 5.90. The van der Waals surface area contributed by atoms with E-state index >= 15 is 0 Å². The fraction of sp³-hybridized carbons (Fsp3) is 0.500. The topological polar surface area (TPSA) is 26.3 Å². The van der Waals surface area contributed by atoms with Gasteiger partial charge < -0.3 is 4.74 Å². The van der Waals surface area contributed by atoms with Gasteiger partial charge in [-0.25, -0.2) is 0 Å². The molecule has 0 aliphatic rings. The summed E-state index contributed by atoms with van der Waals surface area (Å²) in [5.41, 5.74) is 0.950. The van der Waals surface area contributed by atoms with Gasteiger partial charge in [0, 0.05) is 13.5 Å². The molecule has 0 amide bonds. The number of methoxy groups -OCH3 is 1. The van der Waals surface area contributed by atoms with E-state index in [9.17, 15) is 4.79 Å². The number of unbranched alkanes of at least 4 members (excludes halogenated alkanes) is 2. The first kappa shape index (κ1) is 12.9. The van der Waals surface area contributed by atoms with Crippen molar-refractivity contribution in [2.45, 2.75) is 38.7 Å². The number of benzene rings is 1. The Morgan fingerprint density at radius 3 is 2.50 bits per heavy atom. The Morgan fingerprint density at radius 2 is 1.94 bits per heavy atom. The maximum Gasteiger partial charge on any atom is 0.166 e. The second-order valence-corrected chi connectivity index (χ2v) is 3.95. The minimum atomic E-state index is -0.391. The number of rotatable bonds is 7. The van der Waals surface area contributed by atoms with Crippen LogP contribution in [0.4, 0.5) is 0 Å². The highest BCUT2D eigenvalue weighted by Gasteiger charge is 2.18. The van der Waals surface area contributed by atoms with Gasteiger partial charge in [-0.1, -0.05) is 50.1 Å². The molecule has 0 aliphatic heterocycles. The first-order chi connectivity index (χ1) is 7.79. The summed E-state index contributed by atoms with van der Waals surface area (Å²) in [6.07, 6.45) is 3.43. The van der Waals surface area contributed by atoms with E-state index in [1.807, 2.05) is 30.3 Å². The third-order valence-electron chi connectivity index (χ3n) is 2.66. The number of carbonyl (C=O) groups excluding carboxylic acids is 1. The van der Waals surface area contributed by atoms with Gasteiger partial charge in [0.15, 0.2) is 5.78 Å². The lowest BCUT2D eigenvalue weighted by atomic mass is 10.0. The number of ether oxygens (including phenoxy) is 1. The van der Waals surface area contributed by atoms with Crippen LogP contribution in [-0.4, -0.2) is 12.9 Å². The number of hydrogen-bond donors (Lipinski definition) is 0. The van der Waals surface area contributed by atoms with Crippen LogP contribution in [0, 0.1) is 0 Å². The SMILES string of the molecule is CCCCCC(=O)C(OC)c1ccccc1. The molecule has 88 valence electrons. The number of ketones is 1. The molecule has 1 rings (SSSR count). The minimum Gasteiger partial charge on any atom is -0.369 e. The molecule has 1 atom stereocenters. The average Bonchev–Trinajstić information content (AvgIpc) is 2.32. The third-order valence-corrected chi connectivity index (χ3v) is 2.66. The van der Waals surface area contributed by atoms with Gasteiger partial charge in [0.2, 0.25) is 0 Å². The number of carbonyl (C=O) groups is 1. The predicted molar refractivity (Wildman–Crippen MR) is 65.3 cm³/mol. The average molecular weight is 220 g/mol. The Morgan fingerprint density at radius 1 is 1.25 bits per heavy atom. The van der Waals surface area contributed by atoms with Gasteiger partial charge >= 0.3 is 0 Å². The number of hydrogen-bond acceptors (Lipinski definition) is 2. The summed E-state index contributed by atoms with van der Waals surface area (Å²) in [6, 6.07) is 9.68. The Kier molecular flexibility index (Phi) is 5.79. The van der Waals surface area contributed by atoms with Crippen LogP contribution in [0.15, 0.2) is 30.3 Å². The third kappa shape index (κ3) is 3.78. The molecule has 0 bridgehead atoms. The lowest BCUT2D eigenvalue weighted by Crippen LogP contribution is -2.14. The molecule has 0 N–H and O–H groups in total. The molecule has 0 aromatic heterocycles. The van der Waals surface area contributed by atoms with Crippen molar-refractivity contribution in [2.75, 3.05) is 7.11 Å². The summed E-state index contributed by atoms with van der Waals surface area (Å²) in [5, 5.41) is 0. The molecule has 0 fully saturated rings. The molecule has 0 aliphatic carbocycles. The van der Waals surface area contributed by atoms with Gasteiger partial charge in [-0.05, 0) is 12.0 Å². The normalized spacial score (nSPS) is 12.4. The molecule has 0 radical (unpaired) electrons. The molecule has 1 aromatic carbocycles. The van der Waals surface area contributed by atoms with E-state index in [1.165, 1.54) is 0 Å². The van der Waals surface area contributed by atoms with Gasteiger partial charge in [-0.3, -0.25) is 4.79 Å². The molecule has 0 spiro atoms. The van der Waals surface area contributed by atoms with Gasteiger partial charge in [0.05, 0.1) is 0 Å². The monoisotopic (exact) mass is 220 g/mol. The fourth-order valence-corrected chi connectivity index (χ4v) is 1.76. The first-order valence-corrected chi connectivity index (χ1v) is 5.90. The highest BCUT2D eigenvalue weighted by atomic mass is 16.5. The zero-order valence-corrected chi connectivity index (χ0v) is 10.1. The van der Waals surface area contributed by atoms with E-state index in [1.54, 1.807) is 7.11 Å². The van der Waals surface area contributed by atoms with Crippen molar-refractivity contribution in [3.05, 3.63) is 35.9 Å². The summed E-state index contributed by atoms with van der Waals surface area (Å²) in [6.45, 7) is 2.13. The molecular weight excluding hydrogens is 200 g/mol. The fourth-order valence-electron chi connectivity index (χ4n) is 1.76. The molecule has 2 nitrogen and oxygen atoms in total. The van der Waals surface area contributed by atoms with Gasteiger partial charge in [0.25, 0.3) is 0 Å². The second kappa shape index (κ2) is 7.18. The van der Waals surface area contributed by atoms with Crippen molar-refractivity contribution < 1.29 is 9.53 Å². The van der Waals surface area contributed by atoms with Crippen molar-refractivity contribution >= 4 is 5.78 Å². The highest BCUT2D eigenvalue weighted by molar-refractivity contribution is 5.84. The zero-order chi connectivity index (χ0) is 11.8. The molecular formula is C14H20O2. The molecule has 16 heavy (non-hydrogen) atoms. The molecule has 1 aromatic rings. The largest absolute Gasteiger partial charge is 0.369 e. The molecule has 2 heteroatoms. The van der Waals surface area contributed by atoms with Gasteiger partial charge in [0.1, 0.15) is 6.10 Å². The Bertz CT molecular complexity index is 306. The Hall–Kier alpha value is -1.15. The van der Waals surface area contributed by atoms with Gasteiger partial charge in [-0.15, -0.1) is 0 Å².